The summed E-state index contributed by atoms with van der Waals surface area (Å²) in [6, 6.07) is 3.28. The lowest BCUT2D eigenvalue weighted by Gasteiger charge is -2.21. The minimum absolute atomic E-state index is 0.0620. The number of ether oxygens (including phenoxy) is 1. The van der Waals surface area contributed by atoms with Crippen molar-refractivity contribution in [2.75, 3.05) is 13.2 Å². The minimum Gasteiger partial charge on any atom is -0.381 e. The first kappa shape index (κ1) is 12.2. The molecule has 1 aromatic carbocycles. The fourth-order valence-corrected chi connectivity index (χ4v) is 2.27. The molecule has 0 saturated carbocycles. The maximum Gasteiger partial charge on any atom is 0.168 e. The number of rotatable bonds is 2. The highest BCUT2D eigenvalue weighted by molar-refractivity contribution is 5.98. The molecule has 0 aromatic heterocycles. The maximum atomic E-state index is 13.5. The summed E-state index contributed by atoms with van der Waals surface area (Å²) in [5.74, 6) is -0.203. The summed E-state index contributed by atoms with van der Waals surface area (Å²) < 4.78 is 18.8. The third kappa shape index (κ3) is 2.55. The average Bonchev–Trinajstić information content (AvgIpc) is 2.35. The first-order chi connectivity index (χ1) is 8.09. The van der Waals surface area contributed by atoms with E-state index in [2.05, 4.69) is 0 Å². The van der Waals surface area contributed by atoms with Gasteiger partial charge in [-0.3, -0.25) is 4.79 Å². The van der Waals surface area contributed by atoms with E-state index in [0.29, 0.717) is 23.3 Å². The predicted octanol–water partition coefficient (Wildman–Crippen LogP) is 3.05. The van der Waals surface area contributed by atoms with Gasteiger partial charge in [-0.25, -0.2) is 4.39 Å². The number of Topliss-reactive ketones (excluding diaryl/α,β-unsaturated/α-hetero) is 1. The molecular weight excluding hydrogens is 219 g/mol. The second-order valence-electron chi connectivity index (χ2n) is 4.70. The number of carbonyl (C=O) groups is 1. The number of hydrogen-bond donors (Lipinski definition) is 0. The molecule has 0 aliphatic carbocycles. The molecule has 1 saturated heterocycles. The molecule has 1 fully saturated rings. The lowest BCUT2D eigenvalue weighted by molar-refractivity contribution is 0.0461. The van der Waals surface area contributed by atoms with Crippen molar-refractivity contribution in [3.8, 4) is 0 Å². The summed E-state index contributed by atoms with van der Waals surface area (Å²) in [5, 5.41) is 0. The summed E-state index contributed by atoms with van der Waals surface area (Å²) >= 11 is 0. The van der Waals surface area contributed by atoms with E-state index in [1.165, 1.54) is 0 Å². The van der Waals surface area contributed by atoms with Crippen LogP contribution in [-0.4, -0.2) is 19.0 Å². The molecule has 2 nitrogen and oxygen atoms in total. The Morgan fingerprint density at radius 1 is 1.35 bits per heavy atom. The molecule has 1 aliphatic heterocycles. The predicted molar refractivity (Wildman–Crippen MR) is 63.7 cm³/mol. The molecule has 2 rings (SSSR count). The van der Waals surface area contributed by atoms with Gasteiger partial charge in [0.05, 0.1) is 6.61 Å². The molecule has 1 aliphatic rings. The Hall–Kier alpha value is -1.22. The van der Waals surface area contributed by atoms with Gasteiger partial charge in [0, 0.05) is 18.1 Å². The van der Waals surface area contributed by atoms with Crippen LogP contribution in [-0.2, 0) is 4.74 Å². The van der Waals surface area contributed by atoms with E-state index in [4.69, 9.17) is 4.74 Å². The number of aryl methyl sites for hydroxylation is 2. The van der Waals surface area contributed by atoms with Gasteiger partial charge in [0.1, 0.15) is 5.82 Å². The summed E-state index contributed by atoms with van der Waals surface area (Å²) in [7, 11) is 0. The largest absolute Gasteiger partial charge is 0.381 e. The zero-order valence-electron chi connectivity index (χ0n) is 10.3. The van der Waals surface area contributed by atoms with Gasteiger partial charge in [0.2, 0.25) is 0 Å². The van der Waals surface area contributed by atoms with Crippen molar-refractivity contribution in [2.45, 2.75) is 26.7 Å². The number of benzene rings is 1. The van der Waals surface area contributed by atoms with Gasteiger partial charge in [-0.1, -0.05) is 0 Å². The summed E-state index contributed by atoms with van der Waals surface area (Å²) in [4.78, 5) is 12.2. The fraction of sp³-hybridized carbons (Fsp3) is 0.500. The molecule has 92 valence electrons. The SMILES string of the molecule is Cc1cc(C(=O)C2CCCOC2)cc(C)c1F. The van der Waals surface area contributed by atoms with Crippen LogP contribution in [0.3, 0.4) is 0 Å². The molecule has 3 heteroatoms. The van der Waals surface area contributed by atoms with Crippen LogP contribution in [0.15, 0.2) is 12.1 Å². The molecule has 0 radical (unpaired) electrons. The monoisotopic (exact) mass is 236 g/mol. The molecule has 1 aromatic rings. The first-order valence-corrected chi connectivity index (χ1v) is 5.98. The van der Waals surface area contributed by atoms with Gasteiger partial charge in [0.15, 0.2) is 5.78 Å². The first-order valence-electron chi connectivity index (χ1n) is 5.98. The highest BCUT2D eigenvalue weighted by Crippen LogP contribution is 2.22. The zero-order chi connectivity index (χ0) is 12.4. The van der Waals surface area contributed by atoms with E-state index in [9.17, 15) is 9.18 Å². The molecule has 0 N–H and O–H groups in total. The molecule has 0 bridgehead atoms. The van der Waals surface area contributed by atoms with Crippen molar-refractivity contribution >= 4 is 5.78 Å². The highest BCUT2D eigenvalue weighted by atomic mass is 19.1. The van der Waals surface area contributed by atoms with Crippen LogP contribution in [0.4, 0.5) is 4.39 Å². The zero-order valence-corrected chi connectivity index (χ0v) is 10.3. The molecule has 1 heterocycles. The normalized spacial score (nSPS) is 20.3. The Labute approximate surface area is 101 Å². The summed E-state index contributed by atoms with van der Waals surface area (Å²) in [6.45, 7) is 4.62. The Kier molecular flexibility index (Phi) is 3.57. The molecule has 1 atom stereocenters. The molecule has 1 unspecified atom stereocenters. The third-order valence-electron chi connectivity index (χ3n) is 3.25. The van der Waals surface area contributed by atoms with Crippen molar-refractivity contribution in [3.63, 3.8) is 0 Å². The van der Waals surface area contributed by atoms with Gasteiger partial charge in [-0.2, -0.15) is 0 Å². The van der Waals surface area contributed by atoms with Crippen LogP contribution >= 0.6 is 0 Å². The fourth-order valence-electron chi connectivity index (χ4n) is 2.27. The van der Waals surface area contributed by atoms with Gasteiger partial charge < -0.3 is 4.74 Å². The second kappa shape index (κ2) is 4.96. The Morgan fingerprint density at radius 3 is 2.53 bits per heavy atom. The third-order valence-corrected chi connectivity index (χ3v) is 3.25. The van der Waals surface area contributed by atoms with Gasteiger partial charge in [0.25, 0.3) is 0 Å². The maximum absolute atomic E-state index is 13.5. The van der Waals surface area contributed by atoms with E-state index < -0.39 is 0 Å². The van der Waals surface area contributed by atoms with Gasteiger partial charge in [-0.15, -0.1) is 0 Å². The second-order valence-corrected chi connectivity index (χ2v) is 4.70. The molecule has 17 heavy (non-hydrogen) atoms. The van der Waals surface area contributed by atoms with Crippen LogP contribution in [0.2, 0.25) is 0 Å². The number of ketones is 1. The topological polar surface area (TPSA) is 26.3 Å². The summed E-state index contributed by atoms with van der Waals surface area (Å²) in [6.07, 6.45) is 1.80. The number of carbonyl (C=O) groups excluding carboxylic acids is 1. The van der Waals surface area contributed by atoms with Crippen molar-refractivity contribution in [2.24, 2.45) is 5.92 Å². The Morgan fingerprint density at radius 2 is 2.00 bits per heavy atom. The standard InChI is InChI=1S/C14H17FO2/c1-9-6-12(7-10(2)13(9)15)14(16)11-4-3-5-17-8-11/h6-7,11H,3-5,8H2,1-2H3. The van der Waals surface area contributed by atoms with Crippen molar-refractivity contribution in [1.29, 1.82) is 0 Å². The number of hydrogen-bond acceptors (Lipinski definition) is 2. The van der Waals surface area contributed by atoms with E-state index in [-0.39, 0.29) is 17.5 Å². The minimum atomic E-state index is -0.221. The molecular formula is C14H17FO2. The van der Waals surface area contributed by atoms with Crippen LogP contribution in [0.1, 0.15) is 34.3 Å². The van der Waals surface area contributed by atoms with E-state index in [1.54, 1.807) is 26.0 Å². The average molecular weight is 236 g/mol. The van der Waals surface area contributed by atoms with E-state index in [1.807, 2.05) is 0 Å². The van der Waals surface area contributed by atoms with Crippen molar-refractivity contribution < 1.29 is 13.9 Å². The highest BCUT2D eigenvalue weighted by Gasteiger charge is 2.23. The Balaban J connectivity index is 2.24. The lowest BCUT2D eigenvalue weighted by Crippen LogP contribution is -2.25. The lowest BCUT2D eigenvalue weighted by atomic mass is 9.91. The van der Waals surface area contributed by atoms with E-state index >= 15 is 0 Å². The van der Waals surface area contributed by atoms with Gasteiger partial charge >= 0.3 is 0 Å². The van der Waals surface area contributed by atoms with Gasteiger partial charge in [-0.05, 0) is 49.9 Å². The number of halogens is 1. The van der Waals surface area contributed by atoms with Crippen LogP contribution in [0.25, 0.3) is 0 Å². The summed E-state index contributed by atoms with van der Waals surface area (Å²) in [5.41, 5.74) is 1.67. The van der Waals surface area contributed by atoms with Crippen molar-refractivity contribution in [3.05, 3.63) is 34.6 Å². The quantitative estimate of drug-likeness (QED) is 0.738. The molecule has 0 amide bonds. The smallest absolute Gasteiger partial charge is 0.168 e. The van der Waals surface area contributed by atoms with E-state index in [0.717, 1.165) is 19.4 Å². The van der Waals surface area contributed by atoms with Crippen LogP contribution < -0.4 is 0 Å². The van der Waals surface area contributed by atoms with Crippen LogP contribution in [0.5, 0.6) is 0 Å². The van der Waals surface area contributed by atoms with Crippen molar-refractivity contribution in [1.82, 2.24) is 0 Å². The van der Waals surface area contributed by atoms with Crippen LogP contribution in [0, 0.1) is 25.6 Å². The Bertz CT molecular complexity index is 411. The molecule has 0 spiro atoms.